The molecule has 2 atom stereocenters. The van der Waals surface area contributed by atoms with Crippen LogP contribution in [0.2, 0.25) is 0 Å². The van der Waals surface area contributed by atoms with Crippen molar-refractivity contribution in [2.45, 2.75) is 43.5 Å². The number of hydrogen-bond donors (Lipinski definition) is 1. The molecule has 0 amide bonds. The molecule has 1 heterocycles. The van der Waals surface area contributed by atoms with E-state index >= 15 is 0 Å². The number of nitrogens with zero attached hydrogens (tertiary/aromatic N) is 1. The molecule has 3 rings (SSSR count). The van der Waals surface area contributed by atoms with Gasteiger partial charge in [-0.2, -0.15) is 4.31 Å². The lowest BCUT2D eigenvalue weighted by Crippen LogP contribution is -2.37. The average molecular weight is 309 g/mol. The molecule has 0 spiro atoms. The Hall–Kier alpha value is -1.40. The van der Waals surface area contributed by atoms with Crippen molar-refractivity contribution in [2.24, 2.45) is 5.92 Å². The number of carboxylic acid groups (broad SMARTS) is 1. The van der Waals surface area contributed by atoms with Gasteiger partial charge in [-0.05, 0) is 49.3 Å². The van der Waals surface area contributed by atoms with Crippen LogP contribution in [0.5, 0.6) is 0 Å². The van der Waals surface area contributed by atoms with E-state index in [0.29, 0.717) is 24.4 Å². The maximum Gasteiger partial charge on any atom is 0.336 e. The lowest BCUT2D eigenvalue weighted by molar-refractivity contribution is 0.0695. The Bertz CT molecular complexity index is 683. The van der Waals surface area contributed by atoms with E-state index in [2.05, 4.69) is 0 Å². The molecule has 1 N–H and O–H groups in total. The van der Waals surface area contributed by atoms with Gasteiger partial charge < -0.3 is 5.11 Å². The van der Waals surface area contributed by atoms with E-state index < -0.39 is 16.0 Å². The van der Waals surface area contributed by atoms with Gasteiger partial charge in [0.1, 0.15) is 0 Å². The van der Waals surface area contributed by atoms with Gasteiger partial charge in [0, 0.05) is 12.6 Å². The van der Waals surface area contributed by atoms with Gasteiger partial charge in [-0.1, -0.05) is 13.0 Å². The minimum Gasteiger partial charge on any atom is -0.478 e. The minimum atomic E-state index is -3.58. The number of sulfonamides is 1. The van der Waals surface area contributed by atoms with E-state index in [9.17, 15) is 18.3 Å². The van der Waals surface area contributed by atoms with Crippen molar-refractivity contribution < 1.29 is 18.3 Å². The zero-order valence-corrected chi connectivity index (χ0v) is 12.8. The van der Waals surface area contributed by atoms with Crippen molar-refractivity contribution in [2.75, 3.05) is 6.54 Å². The Morgan fingerprint density at radius 3 is 2.67 bits per heavy atom. The van der Waals surface area contributed by atoms with E-state index in [1.54, 1.807) is 10.4 Å². The van der Waals surface area contributed by atoms with Crippen LogP contribution in [0.25, 0.3) is 0 Å². The van der Waals surface area contributed by atoms with Crippen LogP contribution in [0, 0.1) is 5.92 Å². The molecule has 1 saturated heterocycles. The van der Waals surface area contributed by atoms with Crippen LogP contribution in [0.4, 0.5) is 0 Å². The fraction of sp³-hybridized carbons (Fsp3) is 0.533. The van der Waals surface area contributed by atoms with Gasteiger partial charge in [0.15, 0.2) is 0 Å². The molecular formula is C15H19NO4S. The van der Waals surface area contributed by atoms with Crippen LogP contribution in [-0.2, 0) is 16.4 Å². The zero-order valence-electron chi connectivity index (χ0n) is 11.9. The monoisotopic (exact) mass is 309 g/mol. The Kier molecular flexibility index (Phi) is 3.53. The van der Waals surface area contributed by atoms with Crippen molar-refractivity contribution in [3.63, 3.8) is 0 Å². The first-order valence-corrected chi connectivity index (χ1v) is 8.75. The molecule has 1 aliphatic carbocycles. The lowest BCUT2D eigenvalue weighted by atomic mass is 10.1. The van der Waals surface area contributed by atoms with Crippen molar-refractivity contribution in [3.8, 4) is 0 Å². The first-order valence-electron chi connectivity index (χ1n) is 7.31. The number of piperidine rings is 1. The fourth-order valence-electron chi connectivity index (χ4n) is 3.53. The third kappa shape index (κ3) is 2.36. The van der Waals surface area contributed by atoms with Crippen LogP contribution in [0.15, 0.2) is 23.1 Å². The topological polar surface area (TPSA) is 74.7 Å². The number of aromatic carboxylic acids is 1. The summed E-state index contributed by atoms with van der Waals surface area (Å²) >= 11 is 0. The lowest BCUT2D eigenvalue weighted by Gasteiger charge is -2.26. The van der Waals surface area contributed by atoms with Crippen LogP contribution in [0.1, 0.15) is 42.1 Å². The van der Waals surface area contributed by atoms with Gasteiger partial charge in [0.2, 0.25) is 10.0 Å². The van der Waals surface area contributed by atoms with Crippen LogP contribution >= 0.6 is 0 Å². The summed E-state index contributed by atoms with van der Waals surface area (Å²) in [4.78, 5) is 11.4. The number of hydrogen-bond acceptors (Lipinski definition) is 3. The average Bonchev–Trinajstić information content (AvgIpc) is 3.09. The SMILES string of the molecule is CCc1ccc(S(=O)(=O)N2CC3CCC2C3)cc1C(=O)O. The third-order valence-electron chi connectivity index (χ3n) is 4.66. The van der Waals surface area contributed by atoms with Gasteiger partial charge >= 0.3 is 5.97 Å². The summed E-state index contributed by atoms with van der Waals surface area (Å²) in [7, 11) is -3.58. The molecule has 1 aromatic carbocycles. The molecule has 2 unspecified atom stereocenters. The molecule has 21 heavy (non-hydrogen) atoms. The Balaban J connectivity index is 1.99. The molecule has 0 radical (unpaired) electrons. The van der Waals surface area contributed by atoms with E-state index in [0.717, 1.165) is 19.3 Å². The number of carboxylic acids is 1. The number of carbonyl (C=O) groups is 1. The zero-order chi connectivity index (χ0) is 15.2. The standard InChI is InChI=1S/C15H19NO4S/c1-2-11-4-6-13(8-14(11)15(17)18)21(19,20)16-9-10-3-5-12(16)7-10/h4,6,8,10,12H,2-3,5,7,9H2,1H3,(H,17,18). The third-order valence-corrected chi connectivity index (χ3v) is 6.57. The molecule has 5 nitrogen and oxygen atoms in total. The second kappa shape index (κ2) is 5.10. The maximum atomic E-state index is 12.7. The summed E-state index contributed by atoms with van der Waals surface area (Å²) in [6, 6.07) is 4.55. The molecule has 1 saturated carbocycles. The summed E-state index contributed by atoms with van der Waals surface area (Å²) in [5.74, 6) is -0.606. The summed E-state index contributed by atoms with van der Waals surface area (Å²) in [6.07, 6.45) is 3.53. The highest BCUT2D eigenvalue weighted by molar-refractivity contribution is 7.89. The van der Waals surface area contributed by atoms with E-state index in [4.69, 9.17) is 0 Å². The number of aryl methyl sites for hydroxylation is 1. The number of benzene rings is 1. The molecule has 2 fully saturated rings. The van der Waals surface area contributed by atoms with Crippen LogP contribution in [0.3, 0.4) is 0 Å². The van der Waals surface area contributed by atoms with Gasteiger partial charge in [-0.3, -0.25) is 0 Å². The molecule has 2 aliphatic rings. The first-order chi connectivity index (χ1) is 9.93. The quantitative estimate of drug-likeness (QED) is 0.924. The molecule has 1 aromatic rings. The molecule has 0 aromatic heterocycles. The van der Waals surface area contributed by atoms with Crippen molar-refractivity contribution >= 4 is 16.0 Å². The summed E-state index contributed by atoms with van der Waals surface area (Å²) < 4.78 is 27.0. The van der Waals surface area contributed by atoms with Gasteiger partial charge in [-0.15, -0.1) is 0 Å². The second-order valence-corrected chi connectivity index (χ2v) is 7.78. The van der Waals surface area contributed by atoms with Crippen molar-refractivity contribution in [3.05, 3.63) is 29.3 Å². The smallest absolute Gasteiger partial charge is 0.336 e. The fourth-order valence-corrected chi connectivity index (χ4v) is 5.30. The second-order valence-electron chi connectivity index (χ2n) is 5.89. The Labute approximate surface area is 124 Å². The maximum absolute atomic E-state index is 12.7. The Morgan fingerprint density at radius 1 is 1.38 bits per heavy atom. The predicted octanol–water partition coefficient (Wildman–Crippen LogP) is 2.12. The van der Waals surface area contributed by atoms with Gasteiger partial charge in [0.25, 0.3) is 0 Å². The van der Waals surface area contributed by atoms with Gasteiger partial charge in [-0.25, -0.2) is 13.2 Å². The van der Waals surface area contributed by atoms with E-state index in [-0.39, 0.29) is 16.5 Å². The van der Waals surface area contributed by atoms with Crippen molar-refractivity contribution in [1.82, 2.24) is 4.31 Å². The van der Waals surface area contributed by atoms with Crippen LogP contribution in [-0.4, -0.2) is 36.4 Å². The first kappa shape index (κ1) is 14.5. The van der Waals surface area contributed by atoms with Crippen LogP contribution < -0.4 is 0 Å². The van der Waals surface area contributed by atoms with Gasteiger partial charge in [0.05, 0.1) is 10.5 Å². The molecule has 2 bridgehead atoms. The normalized spacial score (nSPS) is 25.4. The van der Waals surface area contributed by atoms with Crippen molar-refractivity contribution in [1.29, 1.82) is 0 Å². The molecule has 114 valence electrons. The largest absolute Gasteiger partial charge is 0.478 e. The Morgan fingerprint density at radius 2 is 2.14 bits per heavy atom. The van der Waals surface area contributed by atoms with E-state index in [1.807, 2.05) is 6.92 Å². The highest BCUT2D eigenvalue weighted by Gasteiger charge is 2.44. The highest BCUT2D eigenvalue weighted by atomic mass is 32.2. The molecule has 1 aliphatic heterocycles. The summed E-state index contributed by atoms with van der Waals surface area (Å²) in [5.41, 5.74) is 0.743. The predicted molar refractivity (Wildman–Crippen MR) is 77.8 cm³/mol. The highest BCUT2D eigenvalue weighted by Crippen LogP contribution is 2.40. The summed E-state index contributed by atoms with van der Waals surface area (Å²) in [5, 5.41) is 9.25. The number of fused-ring (bicyclic) bond motifs is 2. The minimum absolute atomic E-state index is 0.0860. The van der Waals surface area contributed by atoms with E-state index in [1.165, 1.54) is 12.1 Å². The molecule has 6 heteroatoms. The number of rotatable bonds is 4. The summed E-state index contributed by atoms with van der Waals surface area (Å²) in [6.45, 7) is 2.43. The molecular weight excluding hydrogens is 290 g/mol.